The van der Waals surface area contributed by atoms with Crippen LogP contribution in [0.5, 0.6) is 0 Å². The van der Waals surface area contributed by atoms with Gasteiger partial charge in [-0.25, -0.2) is 9.67 Å². The van der Waals surface area contributed by atoms with Crippen molar-refractivity contribution in [3.63, 3.8) is 0 Å². The van der Waals surface area contributed by atoms with Gasteiger partial charge in [0.1, 0.15) is 0 Å². The molecular formula is C20H22ClN3. The molecule has 4 heteroatoms. The third-order valence-corrected chi connectivity index (χ3v) is 5.24. The molecule has 24 heavy (non-hydrogen) atoms. The normalized spacial score (nSPS) is 13.6. The Kier molecular flexibility index (Phi) is 4.05. The maximum absolute atomic E-state index is 6.04. The molecule has 3 aromatic rings. The fourth-order valence-corrected chi connectivity index (χ4v) is 3.94. The molecule has 0 saturated heterocycles. The summed E-state index contributed by atoms with van der Waals surface area (Å²) in [5.41, 5.74) is 7.36. The van der Waals surface area contributed by atoms with Gasteiger partial charge in [0.15, 0.2) is 5.65 Å². The Hall–Kier alpha value is -1.87. The van der Waals surface area contributed by atoms with Gasteiger partial charge in [-0.2, -0.15) is 5.10 Å². The molecule has 3 nitrogen and oxygen atoms in total. The average molecular weight is 340 g/mol. The van der Waals surface area contributed by atoms with E-state index in [9.17, 15) is 0 Å². The zero-order chi connectivity index (χ0) is 16.7. The van der Waals surface area contributed by atoms with E-state index in [0.717, 1.165) is 34.9 Å². The largest absolute Gasteiger partial charge is 0.233 e. The molecule has 0 bridgehead atoms. The molecule has 2 heterocycles. The van der Waals surface area contributed by atoms with Gasteiger partial charge in [-0.15, -0.1) is 0 Å². The Balaban J connectivity index is 1.95. The Morgan fingerprint density at radius 2 is 1.88 bits per heavy atom. The highest BCUT2D eigenvalue weighted by Gasteiger charge is 2.23. The number of hydrogen-bond acceptors (Lipinski definition) is 2. The number of halogens is 1. The zero-order valence-corrected chi connectivity index (χ0v) is 15.0. The molecule has 2 aromatic heterocycles. The van der Waals surface area contributed by atoms with Crippen molar-refractivity contribution in [3.05, 3.63) is 51.8 Å². The minimum atomic E-state index is 0.740. The van der Waals surface area contributed by atoms with Crippen LogP contribution in [0.4, 0.5) is 0 Å². The monoisotopic (exact) mass is 339 g/mol. The summed E-state index contributed by atoms with van der Waals surface area (Å²) in [5.74, 6) is 0. The van der Waals surface area contributed by atoms with Gasteiger partial charge in [0, 0.05) is 16.1 Å². The van der Waals surface area contributed by atoms with Crippen molar-refractivity contribution >= 4 is 22.6 Å². The second-order valence-corrected chi connectivity index (χ2v) is 7.08. The van der Waals surface area contributed by atoms with Gasteiger partial charge < -0.3 is 0 Å². The van der Waals surface area contributed by atoms with Gasteiger partial charge >= 0.3 is 0 Å². The van der Waals surface area contributed by atoms with Crippen molar-refractivity contribution in [1.29, 1.82) is 0 Å². The predicted octanol–water partition coefficient (Wildman–Crippen LogP) is 5.21. The Morgan fingerprint density at radius 3 is 2.62 bits per heavy atom. The van der Waals surface area contributed by atoms with Gasteiger partial charge in [-0.1, -0.05) is 24.9 Å². The molecule has 0 aliphatic heterocycles. The van der Waals surface area contributed by atoms with Gasteiger partial charge in [0.25, 0.3) is 0 Å². The van der Waals surface area contributed by atoms with E-state index in [1.807, 2.05) is 28.9 Å². The third kappa shape index (κ3) is 2.51. The predicted molar refractivity (Wildman–Crippen MR) is 99.2 cm³/mol. The van der Waals surface area contributed by atoms with Crippen LogP contribution in [0.15, 0.2) is 24.3 Å². The summed E-state index contributed by atoms with van der Waals surface area (Å²) in [7, 11) is 0. The van der Waals surface area contributed by atoms with Crippen molar-refractivity contribution in [2.75, 3.05) is 0 Å². The highest BCUT2D eigenvalue weighted by Crippen LogP contribution is 2.34. The maximum atomic E-state index is 6.04. The van der Waals surface area contributed by atoms with Crippen LogP contribution < -0.4 is 0 Å². The van der Waals surface area contributed by atoms with Gasteiger partial charge in [-0.05, 0) is 74.4 Å². The van der Waals surface area contributed by atoms with Gasteiger partial charge in [0.2, 0.25) is 0 Å². The number of hydrogen-bond donors (Lipinski definition) is 0. The number of nitrogens with zero attached hydrogens (tertiary/aromatic N) is 3. The first-order chi connectivity index (χ1) is 11.7. The van der Waals surface area contributed by atoms with Crippen LogP contribution in [0.3, 0.4) is 0 Å². The molecule has 0 saturated carbocycles. The molecule has 0 radical (unpaired) electrons. The molecule has 0 atom stereocenters. The van der Waals surface area contributed by atoms with Crippen molar-refractivity contribution in [1.82, 2.24) is 14.8 Å². The van der Waals surface area contributed by atoms with Crippen LogP contribution in [0.1, 0.15) is 48.7 Å². The molecule has 0 amide bonds. The van der Waals surface area contributed by atoms with Crippen LogP contribution in [-0.2, 0) is 19.3 Å². The Labute approximate surface area is 147 Å². The summed E-state index contributed by atoms with van der Waals surface area (Å²) in [5, 5.41) is 6.80. The number of aromatic nitrogens is 3. The standard InChI is InChI=1S/C20H22ClN3/c1-3-4-8-18-16-6-5-7-17(16)19-13(2)23-24(20(19)22-18)15-11-9-14(21)10-12-15/h9-12H,3-8H2,1-2H3. The smallest absolute Gasteiger partial charge is 0.163 e. The van der Waals surface area contributed by atoms with E-state index in [2.05, 4.69) is 13.8 Å². The van der Waals surface area contributed by atoms with Gasteiger partial charge in [-0.3, -0.25) is 0 Å². The van der Waals surface area contributed by atoms with Crippen LogP contribution in [0.2, 0.25) is 5.02 Å². The number of fused-ring (bicyclic) bond motifs is 3. The lowest BCUT2D eigenvalue weighted by Crippen LogP contribution is -2.03. The first kappa shape index (κ1) is 15.6. The molecule has 4 rings (SSSR count). The lowest BCUT2D eigenvalue weighted by molar-refractivity contribution is 0.765. The first-order valence-corrected chi connectivity index (χ1v) is 9.22. The van der Waals surface area contributed by atoms with Crippen LogP contribution in [-0.4, -0.2) is 14.8 Å². The number of benzene rings is 1. The average Bonchev–Trinajstić information content (AvgIpc) is 3.18. The molecule has 1 aliphatic rings. The quantitative estimate of drug-likeness (QED) is 0.653. The Morgan fingerprint density at radius 1 is 1.12 bits per heavy atom. The van der Waals surface area contributed by atoms with E-state index in [1.54, 1.807) is 0 Å². The molecule has 1 aromatic carbocycles. The number of aryl methyl sites for hydroxylation is 3. The highest BCUT2D eigenvalue weighted by atomic mass is 35.5. The van der Waals surface area contributed by atoms with E-state index >= 15 is 0 Å². The third-order valence-electron chi connectivity index (χ3n) is 4.98. The zero-order valence-electron chi connectivity index (χ0n) is 14.3. The molecular weight excluding hydrogens is 318 g/mol. The van der Waals surface area contributed by atoms with Crippen molar-refractivity contribution in [2.45, 2.75) is 52.4 Å². The summed E-state index contributed by atoms with van der Waals surface area (Å²) in [4.78, 5) is 5.07. The minimum Gasteiger partial charge on any atom is -0.233 e. The minimum absolute atomic E-state index is 0.740. The molecule has 0 unspecified atom stereocenters. The fourth-order valence-electron chi connectivity index (χ4n) is 3.82. The van der Waals surface area contributed by atoms with Crippen molar-refractivity contribution < 1.29 is 0 Å². The van der Waals surface area contributed by atoms with Crippen LogP contribution >= 0.6 is 11.6 Å². The van der Waals surface area contributed by atoms with Crippen molar-refractivity contribution in [2.24, 2.45) is 0 Å². The van der Waals surface area contributed by atoms with Crippen LogP contribution in [0.25, 0.3) is 16.7 Å². The molecule has 0 N–H and O–H groups in total. The van der Waals surface area contributed by atoms with E-state index < -0.39 is 0 Å². The Bertz CT molecular complexity index is 894. The summed E-state index contributed by atoms with van der Waals surface area (Å²) >= 11 is 6.04. The lowest BCUT2D eigenvalue weighted by atomic mass is 10.0. The molecule has 0 spiro atoms. The van der Waals surface area contributed by atoms with E-state index in [4.69, 9.17) is 21.7 Å². The second-order valence-electron chi connectivity index (χ2n) is 6.64. The van der Waals surface area contributed by atoms with Crippen molar-refractivity contribution in [3.8, 4) is 5.69 Å². The van der Waals surface area contributed by atoms with E-state index in [-0.39, 0.29) is 0 Å². The van der Waals surface area contributed by atoms with E-state index in [0.29, 0.717) is 0 Å². The second kappa shape index (κ2) is 6.21. The summed E-state index contributed by atoms with van der Waals surface area (Å²) in [6.45, 7) is 4.33. The summed E-state index contributed by atoms with van der Waals surface area (Å²) in [6, 6.07) is 7.83. The van der Waals surface area contributed by atoms with Gasteiger partial charge in [0.05, 0.1) is 11.4 Å². The molecule has 124 valence electrons. The first-order valence-electron chi connectivity index (χ1n) is 8.85. The number of pyridine rings is 1. The lowest BCUT2D eigenvalue weighted by Gasteiger charge is -2.10. The number of rotatable bonds is 4. The summed E-state index contributed by atoms with van der Waals surface area (Å²) < 4.78 is 1.98. The topological polar surface area (TPSA) is 30.7 Å². The highest BCUT2D eigenvalue weighted by molar-refractivity contribution is 6.30. The van der Waals surface area contributed by atoms with E-state index in [1.165, 1.54) is 47.9 Å². The summed E-state index contributed by atoms with van der Waals surface area (Å²) in [6.07, 6.45) is 7.02. The van der Waals surface area contributed by atoms with Crippen LogP contribution in [0, 0.1) is 6.92 Å². The molecule has 0 fully saturated rings. The molecule has 1 aliphatic carbocycles. The fraction of sp³-hybridized carbons (Fsp3) is 0.400. The number of unbranched alkanes of at least 4 members (excludes halogenated alkanes) is 1. The maximum Gasteiger partial charge on any atom is 0.163 e. The SMILES string of the molecule is CCCCc1nc2c(c(C)nn2-c2ccc(Cl)cc2)c2c1CCC2.